The van der Waals surface area contributed by atoms with Gasteiger partial charge >= 0.3 is 0 Å². The van der Waals surface area contributed by atoms with E-state index in [0.29, 0.717) is 18.3 Å². The third-order valence-electron chi connectivity index (χ3n) is 6.86. The van der Waals surface area contributed by atoms with E-state index in [1.807, 2.05) is 27.0 Å². The van der Waals surface area contributed by atoms with E-state index in [1.165, 1.54) is 0 Å². The normalized spacial score (nSPS) is 21.5. The van der Waals surface area contributed by atoms with E-state index in [4.69, 9.17) is 18.7 Å². The number of rotatable bonds is 10. The summed E-state index contributed by atoms with van der Waals surface area (Å²) < 4.78 is 22.6. The average Bonchev–Trinajstić information content (AvgIpc) is 3.23. The number of carbonyl (C=O) groups excluding carboxylic acids is 1. The lowest BCUT2D eigenvalue weighted by molar-refractivity contribution is -0.170. The Morgan fingerprint density at radius 2 is 1.90 bits per heavy atom. The Morgan fingerprint density at radius 1 is 1.16 bits per heavy atom. The minimum atomic E-state index is -0.567. The van der Waals surface area contributed by atoms with Crippen LogP contribution in [0.2, 0.25) is 0 Å². The van der Waals surface area contributed by atoms with Crippen molar-refractivity contribution in [3.8, 4) is 0 Å². The highest BCUT2D eigenvalue weighted by molar-refractivity contribution is 5.89. The standard InChI is InChI=1S/C24H40N2O5/c1-23(2,17-30-22-8-6-7-11-29-22)20-14-19(31-25-20)15-21(27)24(3,4)26(5)16-18-9-12-28-13-10-18/h14,18,22H,6-13,15-17H2,1-5H3. The van der Waals surface area contributed by atoms with Crippen LogP contribution in [0.4, 0.5) is 0 Å². The predicted molar refractivity (Wildman–Crippen MR) is 118 cm³/mol. The second kappa shape index (κ2) is 10.6. The number of carbonyl (C=O) groups is 1. The number of hydrogen-bond donors (Lipinski definition) is 0. The van der Waals surface area contributed by atoms with Crippen LogP contribution >= 0.6 is 0 Å². The molecule has 0 radical (unpaired) electrons. The molecule has 1 aromatic rings. The fraction of sp³-hybridized carbons (Fsp3) is 0.833. The molecule has 0 aliphatic carbocycles. The highest BCUT2D eigenvalue weighted by Gasteiger charge is 2.35. The lowest BCUT2D eigenvalue weighted by atomic mass is 9.89. The van der Waals surface area contributed by atoms with E-state index in [-0.39, 0.29) is 23.9 Å². The molecular weight excluding hydrogens is 396 g/mol. The van der Waals surface area contributed by atoms with Crippen LogP contribution in [0.1, 0.15) is 71.3 Å². The molecule has 7 heteroatoms. The summed E-state index contributed by atoms with van der Waals surface area (Å²) in [4.78, 5) is 15.3. The molecule has 0 saturated carbocycles. The van der Waals surface area contributed by atoms with Gasteiger partial charge in [-0.3, -0.25) is 9.69 Å². The van der Waals surface area contributed by atoms with E-state index in [1.54, 1.807) is 0 Å². The first kappa shape index (κ1) is 24.4. The van der Waals surface area contributed by atoms with Gasteiger partial charge in [-0.2, -0.15) is 0 Å². The third kappa shape index (κ3) is 6.60. The van der Waals surface area contributed by atoms with Crippen molar-refractivity contribution in [3.05, 3.63) is 17.5 Å². The second-order valence-electron chi connectivity index (χ2n) is 10.3. The summed E-state index contributed by atoms with van der Waals surface area (Å²) in [6.45, 7) is 11.9. The molecule has 31 heavy (non-hydrogen) atoms. The van der Waals surface area contributed by atoms with Crippen molar-refractivity contribution >= 4 is 5.78 Å². The first-order valence-electron chi connectivity index (χ1n) is 11.7. The zero-order valence-electron chi connectivity index (χ0n) is 19.9. The van der Waals surface area contributed by atoms with Gasteiger partial charge in [-0.1, -0.05) is 19.0 Å². The van der Waals surface area contributed by atoms with Gasteiger partial charge in [-0.15, -0.1) is 0 Å². The van der Waals surface area contributed by atoms with E-state index in [9.17, 15) is 4.79 Å². The molecule has 2 saturated heterocycles. The summed E-state index contributed by atoms with van der Waals surface area (Å²) in [6, 6.07) is 1.90. The number of ketones is 1. The van der Waals surface area contributed by atoms with Crippen LogP contribution in [0.3, 0.4) is 0 Å². The minimum absolute atomic E-state index is 0.131. The molecule has 3 rings (SSSR count). The minimum Gasteiger partial charge on any atom is -0.381 e. The maximum atomic E-state index is 13.1. The fourth-order valence-corrected chi connectivity index (χ4v) is 4.06. The van der Waals surface area contributed by atoms with Crippen molar-refractivity contribution in [2.24, 2.45) is 5.92 Å². The van der Waals surface area contributed by atoms with E-state index >= 15 is 0 Å². The molecule has 0 bridgehead atoms. The number of Topliss-reactive ketones (excluding diaryl/α,β-unsaturated/α-hetero) is 1. The first-order chi connectivity index (χ1) is 14.7. The summed E-state index contributed by atoms with van der Waals surface area (Å²) in [5.74, 6) is 1.32. The van der Waals surface area contributed by atoms with Crippen molar-refractivity contribution in [1.29, 1.82) is 0 Å². The van der Waals surface area contributed by atoms with Crippen molar-refractivity contribution < 1.29 is 23.5 Å². The highest BCUT2D eigenvalue weighted by Crippen LogP contribution is 2.27. The summed E-state index contributed by atoms with van der Waals surface area (Å²) in [6.07, 6.45) is 5.40. The largest absolute Gasteiger partial charge is 0.381 e. The zero-order chi connectivity index (χ0) is 22.5. The highest BCUT2D eigenvalue weighted by atomic mass is 16.7. The Labute approximate surface area is 186 Å². The SMILES string of the molecule is CN(CC1CCOCC1)C(C)(C)C(=O)Cc1cc(C(C)(C)COC2CCCCO2)no1. The Balaban J connectivity index is 1.53. The fourth-order valence-electron chi connectivity index (χ4n) is 4.06. The molecular formula is C24H40N2O5. The van der Waals surface area contributed by atoms with Crippen LogP contribution in [0.15, 0.2) is 10.6 Å². The molecule has 1 unspecified atom stereocenters. The van der Waals surface area contributed by atoms with Gasteiger partial charge in [0.1, 0.15) is 5.76 Å². The summed E-state index contributed by atoms with van der Waals surface area (Å²) in [5, 5.41) is 4.25. The van der Waals surface area contributed by atoms with E-state index in [0.717, 1.165) is 64.2 Å². The molecule has 0 aromatic carbocycles. The van der Waals surface area contributed by atoms with Crippen molar-refractivity contribution in [2.45, 2.75) is 83.5 Å². The van der Waals surface area contributed by atoms with Crippen LogP contribution in [0, 0.1) is 5.92 Å². The van der Waals surface area contributed by atoms with Crippen molar-refractivity contribution in [2.75, 3.05) is 40.0 Å². The Hall–Kier alpha value is -1.28. The Bertz CT molecular complexity index is 703. The number of ether oxygens (including phenoxy) is 3. The van der Waals surface area contributed by atoms with E-state index < -0.39 is 5.54 Å². The monoisotopic (exact) mass is 436 g/mol. The molecule has 2 aliphatic rings. The molecule has 3 heterocycles. The van der Waals surface area contributed by atoms with Crippen LogP contribution in [-0.4, -0.2) is 67.7 Å². The lowest BCUT2D eigenvalue weighted by Crippen LogP contribution is -2.50. The topological polar surface area (TPSA) is 74.0 Å². The molecule has 0 spiro atoms. The van der Waals surface area contributed by atoms with Gasteiger partial charge in [0.05, 0.1) is 24.3 Å². The average molecular weight is 437 g/mol. The third-order valence-corrected chi connectivity index (χ3v) is 6.86. The van der Waals surface area contributed by atoms with Gasteiger partial charge in [0.15, 0.2) is 12.1 Å². The zero-order valence-corrected chi connectivity index (χ0v) is 19.9. The van der Waals surface area contributed by atoms with Gasteiger partial charge in [0.25, 0.3) is 0 Å². The number of nitrogens with zero attached hydrogens (tertiary/aromatic N) is 2. The summed E-state index contributed by atoms with van der Waals surface area (Å²) in [7, 11) is 2.03. The van der Waals surface area contributed by atoms with Crippen molar-refractivity contribution in [3.63, 3.8) is 0 Å². The van der Waals surface area contributed by atoms with Crippen LogP contribution < -0.4 is 0 Å². The van der Waals surface area contributed by atoms with Gasteiger partial charge in [0.2, 0.25) is 0 Å². The number of likely N-dealkylation sites (N-methyl/N-ethyl adjacent to an activating group) is 1. The second-order valence-corrected chi connectivity index (χ2v) is 10.3. The molecule has 2 fully saturated rings. The molecule has 176 valence electrons. The lowest BCUT2D eigenvalue weighted by Gasteiger charge is -2.37. The molecule has 0 amide bonds. The molecule has 1 atom stereocenters. The summed E-state index contributed by atoms with van der Waals surface area (Å²) >= 11 is 0. The Kier molecular flexibility index (Phi) is 8.30. The molecule has 1 aromatic heterocycles. The van der Waals surface area contributed by atoms with Crippen LogP contribution in [0.5, 0.6) is 0 Å². The Morgan fingerprint density at radius 3 is 2.58 bits per heavy atom. The first-order valence-corrected chi connectivity index (χ1v) is 11.7. The van der Waals surface area contributed by atoms with E-state index in [2.05, 4.69) is 23.9 Å². The number of hydrogen-bond acceptors (Lipinski definition) is 7. The predicted octanol–water partition coefficient (Wildman–Crippen LogP) is 3.74. The molecule has 7 nitrogen and oxygen atoms in total. The number of aromatic nitrogens is 1. The van der Waals surface area contributed by atoms with Crippen LogP contribution in [-0.2, 0) is 30.8 Å². The smallest absolute Gasteiger partial charge is 0.160 e. The maximum absolute atomic E-state index is 13.1. The van der Waals surface area contributed by atoms with Crippen molar-refractivity contribution in [1.82, 2.24) is 10.1 Å². The maximum Gasteiger partial charge on any atom is 0.160 e. The van der Waals surface area contributed by atoms with Crippen LogP contribution in [0.25, 0.3) is 0 Å². The molecule has 0 N–H and O–H groups in total. The van der Waals surface area contributed by atoms with Gasteiger partial charge in [-0.25, -0.2) is 0 Å². The van der Waals surface area contributed by atoms with Gasteiger partial charge in [0, 0.05) is 37.8 Å². The molecule has 2 aliphatic heterocycles. The van der Waals surface area contributed by atoms with Gasteiger partial charge < -0.3 is 18.7 Å². The quantitative estimate of drug-likeness (QED) is 0.553. The van der Waals surface area contributed by atoms with Gasteiger partial charge in [-0.05, 0) is 58.9 Å². The summed E-state index contributed by atoms with van der Waals surface area (Å²) in [5.41, 5.74) is -0.0807.